The Labute approximate surface area is 196 Å². The maximum absolute atomic E-state index is 11.0. The quantitative estimate of drug-likeness (QED) is 0.354. The third kappa shape index (κ3) is 14.7. The predicted octanol–water partition coefficient (Wildman–Crippen LogP) is 2.36. The van der Waals surface area contributed by atoms with Gasteiger partial charge >= 0.3 is 11.9 Å². The van der Waals surface area contributed by atoms with Gasteiger partial charge < -0.3 is 19.7 Å². The van der Waals surface area contributed by atoms with E-state index >= 15 is 0 Å². The second kappa shape index (κ2) is 18.0. The van der Waals surface area contributed by atoms with Gasteiger partial charge in [-0.3, -0.25) is 9.59 Å². The highest BCUT2D eigenvalue weighted by Crippen LogP contribution is 2.07. The molecule has 0 spiro atoms. The van der Waals surface area contributed by atoms with Crippen LogP contribution in [0.2, 0.25) is 0 Å². The van der Waals surface area contributed by atoms with Crippen LogP contribution < -0.4 is 0 Å². The molecule has 0 fully saturated rings. The summed E-state index contributed by atoms with van der Waals surface area (Å²) in [6, 6.07) is 15.0. The van der Waals surface area contributed by atoms with Gasteiger partial charge in [-0.25, -0.2) is 0 Å². The Hall–Kier alpha value is -2.85. The van der Waals surface area contributed by atoms with Crippen LogP contribution in [0.15, 0.2) is 48.5 Å². The minimum Gasteiger partial charge on any atom is -0.469 e. The third-order valence-corrected chi connectivity index (χ3v) is 4.14. The van der Waals surface area contributed by atoms with Gasteiger partial charge in [-0.15, -0.1) is 6.42 Å². The van der Waals surface area contributed by atoms with Crippen molar-refractivity contribution in [2.24, 2.45) is 0 Å². The Bertz CT molecular complexity index is 887. The number of carbonyl (C=O) groups is 2. The van der Waals surface area contributed by atoms with Gasteiger partial charge in [0.25, 0.3) is 0 Å². The summed E-state index contributed by atoms with van der Waals surface area (Å²) in [6.45, 7) is -0.302. The van der Waals surface area contributed by atoms with E-state index in [1.54, 1.807) is 12.1 Å². The van der Waals surface area contributed by atoms with Gasteiger partial charge in [0.05, 0.1) is 27.1 Å². The van der Waals surface area contributed by atoms with Crippen molar-refractivity contribution in [1.29, 1.82) is 0 Å². The summed E-state index contributed by atoms with van der Waals surface area (Å²) in [4.78, 5) is 21.8. The number of ether oxygens (including phenoxy) is 2. The van der Waals surface area contributed by atoms with E-state index in [0.29, 0.717) is 6.42 Å². The topological polar surface area (TPSA) is 93.1 Å². The number of hydrogen-bond donors (Lipinski definition) is 2. The van der Waals surface area contributed by atoms with Crippen molar-refractivity contribution in [3.8, 4) is 24.2 Å². The summed E-state index contributed by atoms with van der Waals surface area (Å²) >= 11 is 2.22. The fraction of sp³-hybridized carbons (Fsp3) is 0.250. The molecule has 31 heavy (non-hydrogen) atoms. The van der Waals surface area contributed by atoms with E-state index in [-0.39, 0.29) is 31.6 Å². The van der Waals surface area contributed by atoms with E-state index in [4.69, 9.17) is 10.2 Å². The summed E-state index contributed by atoms with van der Waals surface area (Å²) < 4.78 is 10.3. The SMILES string of the molecule is C#CCO.COC(=O)Cc1ccc(C#CCO)cc1.COC(=O)Cc1ccc(I)cc1. The van der Waals surface area contributed by atoms with Crippen LogP contribution in [0.25, 0.3) is 0 Å². The monoisotopic (exact) mass is 536 g/mol. The van der Waals surface area contributed by atoms with Crippen LogP contribution >= 0.6 is 22.6 Å². The van der Waals surface area contributed by atoms with Crippen LogP contribution in [-0.2, 0) is 31.9 Å². The highest BCUT2D eigenvalue weighted by atomic mass is 127. The molecule has 2 N–H and O–H groups in total. The number of terminal acetylenes is 1. The van der Waals surface area contributed by atoms with Crippen LogP contribution in [0, 0.1) is 27.8 Å². The number of hydrogen-bond acceptors (Lipinski definition) is 6. The molecule has 7 heteroatoms. The summed E-state index contributed by atoms with van der Waals surface area (Å²) in [7, 11) is 2.76. The molecule has 0 radical (unpaired) electrons. The van der Waals surface area contributed by atoms with Gasteiger partial charge in [-0.2, -0.15) is 0 Å². The molecule has 0 unspecified atom stereocenters. The third-order valence-electron chi connectivity index (χ3n) is 3.42. The molecule has 0 saturated carbocycles. The first-order chi connectivity index (χ1) is 14.9. The number of aliphatic hydroxyl groups is 2. The van der Waals surface area contributed by atoms with Crippen LogP contribution in [0.5, 0.6) is 0 Å². The number of esters is 2. The second-order valence-corrected chi connectivity index (χ2v) is 6.90. The molecule has 2 aromatic carbocycles. The van der Waals surface area contributed by atoms with Crippen molar-refractivity contribution in [1.82, 2.24) is 0 Å². The van der Waals surface area contributed by atoms with Crippen molar-refractivity contribution in [2.75, 3.05) is 27.4 Å². The second-order valence-electron chi connectivity index (χ2n) is 5.65. The Morgan fingerprint density at radius 2 is 1.29 bits per heavy atom. The predicted molar refractivity (Wildman–Crippen MR) is 127 cm³/mol. The van der Waals surface area contributed by atoms with E-state index in [1.165, 1.54) is 17.8 Å². The Balaban J connectivity index is 0.000000504. The average Bonchev–Trinajstić information content (AvgIpc) is 2.80. The minimum atomic E-state index is -0.260. The van der Waals surface area contributed by atoms with Gasteiger partial charge in [0.1, 0.15) is 13.2 Å². The molecular formula is C24H25IO6. The lowest BCUT2D eigenvalue weighted by atomic mass is 10.1. The molecular weight excluding hydrogens is 511 g/mol. The molecule has 0 aliphatic carbocycles. The van der Waals surface area contributed by atoms with E-state index in [9.17, 15) is 9.59 Å². The van der Waals surface area contributed by atoms with Crippen molar-refractivity contribution < 1.29 is 29.3 Å². The largest absolute Gasteiger partial charge is 0.469 e. The number of halogens is 1. The molecule has 0 aliphatic rings. The van der Waals surface area contributed by atoms with E-state index in [2.05, 4.69) is 50.3 Å². The normalized spacial score (nSPS) is 8.65. The summed E-state index contributed by atoms with van der Waals surface area (Å²) in [6.07, 6.45) is 5.15. The fourth-order valence-corrected chi connectivity index (χ4v) is 2.29. The van der Waals surface area contributed by atoms with Gasteiger partial charge in [-0.05, 0) is 58.0 Å². The molecule has 164 valence electrons. The number of methoxy groups -OCH3 is 2. The number of rotatable bonds is 4. The number of benzene rings is 2. The van der Waals surface area contributed by atoms with E-state index < -0.39 is 0 Å². The number of carbonyl (C=O) groups excluding carboxylic acids is 2. The van der Waals surface area contributed by atoms with E-state index in [1.807, 2.05) is 42.3 Å². The first-order valence-corrected chi connectivity index (χ1v) is 10.1. The maximum Gasteiger partial charge on any atom is 0.309 e. The zero-order valence-electron chi connectivity index (χ0n) is 17.4. The number of aliphatic hydroxyl groups excluding tert-OH is 2. The molecule has 0 amide bonds. The van der Waals surface area contributed by atoms with Crippen LogP contribution in [0.4, 0.5) is 0 Å². The fourth-order valence-electron chi connectivity index (χ4n) is 1.93. The molecule has 0 bridgehead atoms. The first kappa shape index (κ1) is 28.2. The zero-order chi connectivity index (χ0) is 23.5. The van der Waals surface area contributed by atoms with Crippen LogP contribution in [0.3, 0.4) is 0 Å². The minimum absolute atomic E-state index is 0.149. The molecule has 0 aliphatic heterocycles. The Morgan fingerprint density at radius 3 is 1.65 bits per heavy atom. The van der Waals surface area contributed by atoms with Crippen LogP contribution in [-0.4, -0.2) is 49.6 Å². The van der Waals surface area contributed by atoms with Crippen molar-refractivity contribution in [3.63, 3.8) is 0 Å². The van der Waals surface area contributed by atoms with Crippen molar-refractivity contribution in [2.45, 2.75) is 12.8 Å². The first-order valence-electron chi connectivity index (χ1n) is 9.01. The smallest absolute Gasteiger partial charge is 0.309 e. The molecule has 2 aromatic rings. The summed E-state index contributed by atoms with van der Waals surface area (Å²) in [5.74, 6) is 6.85. The molecule has 0 aromatic heterocycles. The molecule has 0 saturated heterocycles. The van der Waals surface area contributed by atoms with Gasteiger partial charge in [0, 0.05) is 9.13 Å². The lowest BCUT2D eigenvalue weighted by Crippen LogP contribution is -2.04. The highest BCUT2D eigenvalue weighted by molar-refractivity contribution is 14.1. The van der Waals surface area contributed by atoms with Crippen molar-refractivity contribution >= 4 is 34.5 Å². The van der Waals surface area contributed by atoms with Gasteiger partial charge in [0.2, 0.25) is 0 Å². The Morgan fingerprint density at radius 1 is 0.871 bits per heavy atom. The van der Waals surface area contributed by atoms with Gasteiger partial charge in [0.15, 0.2) is 0 Å². The van der Waals surface area contributed by atoms with Crippen molar-refractivity contribution in [3.05, 3.63) is 68.8 Å². The summed E-state index contributed by atoms with van der Waals surface area (Å²) in [5.41, 5.74) is 2.69. The summed E-state index contributed by atoms with van der Waals surface area (Å²) in [5, 5.41) is 16.1. The van der Waals surface area contributed by atoms with Gasteiger partial charge in [-0.1, -0.05) is 42.0 Å². The molecule has 0 atom stereocenters. The molecule has 6 nitrogen and oxygen atoms in total. The molecule has 0 heterocycles. The Kier molecular flexibility index (Phi) is 16.3. The van der Waals surface area contributed by atoms with E-state index in [0.717, 1.165) is 16.7 Å². The zero-order valence-corrected chi connectivity index (χ0v) is 19.6. The standard InChI is InChI=1S/C12H12O3.C9H9IO2.C3H4O/c1-15-12(14)9-11-6-4-10(5-7-11)3-2-8-13;1-12-9(11)6-7-2-4-8(10)5-3-7;1-2-3-4/h4-7,13H,8-9H2,1H3;2-5H,6H2,1H3;1,4H,3H2. The highest BCUT2D eigenvalue weighted by Gasteiger charge is 2.02. The lowest BCUT2D eigenvalue weighted by molar-refractivity contribution is -0.140. The molecule has 2 rings (SSSR count). The lowest BCUT2D eigenvalue weighted by Gasteiger charge is -1.99. The van der Waals surface area contributed by atoms with Crippen LogP contribution in [0.1, 0.15) is 16.7 Å². The maximum atomic E-state index is 11.0. The average molecular weight is 536 g/mol.